The van der Waals surface area contributed by atoms with E-state index in [9.17, 15) is 14.4 Å². The van der Waals surface area contributed by atoms with E-state index in [0.717, 1.165) is 11.1 Å². The fourth-order valence-electron chi connectivity index (χ4n) is 3.12. The van der Waals surface area contributed by atoms with Crippen LogP contribution in [0, 0.1) is 6.92 Å². The number of aromatic amines is 1. The second-order valence-corrected chi connectivity index (χ2v) is 6.83. The summed E-state index contributed by atoms with van der Waals surface area (Å²) < 4.78 is 3.11. The van der Waals surface area contributed by atoms with Crippen LogP contribution in [0.3, 0.4) is 0 Å². The van der Waals surface area contributed by atoms with Crippen molar-refractivity contribution in [1.82, 2.24) is 34.8 Å². The van der Waals surface area contributed by atoms with Crippen LogP contribution in [0.1, 0.15) is 21.6 Å². The number of amides is 1. The van der Waals surface area contributed by atoms with Crippen molar-refractivity contribution in [2.75, 3.05) is 6.54 Å². The predicted molar refractivity (Wildman–Crippen MR) is 109 cm³/mol. The summed E-state index contributed by atoms with van der Waals surface area (Å²) >= 11 is 0. The molecule has 30 heavy (non-hydrogen) atoms. The maximum absolute atomic E-state index is 12.8. The highest BCUT2D eigenvalue weighted by molar-refractivity contribution is 5.91. The Morgan fingerprint density at radius 2 is 2.07 bits per heavy atom. The summed E-state index contributed by atoms with van der Waals surface area (Å²) in [7, 11) is 0. The Bertz CT molecular complexity index is 1320. The van der Waals surface area contributed by atoms with Crippen LogP contribution >= 0.6 is 0 Å². The maximum atomic E-state index is 12.8. The molecular formula is C20H19N7O3. The molecule has 0 atom stereocenters. The molecule has 0 bridgehead atoms. The van der Waals surface area contributed by atoms with E-state index in [4.69, 9.17) is 0 Å². The van der Waals surface area contributed by atoms with E-state index < -0.39 is 5.91 Å². The van der Waals surface area contributed by atoms with Gasteiger partial charge in [0.15, 0.2) is 5.65 Å². The van der Waals surface area contributed by atoms with Gasteiger partial charge in [0.1, 0.15) is 17.4 Å². The zero-order chi connectivity index (χ0) is 21.1. The van der Waals surface area contributed by atoms with E-state index in [1.54, 1.807) is 9.25 Å². The third kappa shape index (κ3) is 4.02. The number of rotatable bonds is 6. The van der Waals surface area contributed by atoms with E-state index >= 15 is 0 Å². The van der Waals surface area contributed by atoms with E-state index in [-0.39, 0.29) is 23.4 Å². The van der Waals surface area contributed by atoms with Gasteiger partial charge in [-0.05, 0) is 18.6 Å². The fourth-order valence-corrected chi connectivity index (χ4v) is 3.12. The molecule has 10 heteroatoms. The van der Waals surface area contributed by atoms with Crippen molar-refractivity contribution in [3.63, 3.8) is 0 Å². The third-order valence-electron chi connectivity index (χ3n) is 4.58. The molecule has 2 N–H and O–H groups in total. The molecule has 0 spiro atoms. The van der Waals surface area contributed by atoms with Crippen LogP contribution < -0.4 is 16.4 Å². The SMILES string of the molecule is Cc1cccc(Cn2cnc3c(cnn3CCNC(=O)c3ccc(=O)[nH]n3)c2=O)c1. The Hall–Kier alpha value is -4.08. The molecule has 152 valence electrons. The Balaban J connectivity index is 1.46. The second kappa shape index (κ2) is 8.11. The van der Waals surface area contributed by atoms with Gasteiger partial charge in [0.2, 0.25) is 0 Å². The molecule has 10 nitrogen and oxygen atoms in total. The van der Waals surface area contributed by atoms with Gasteiger partial charge in [0, 0.05) is 12.6 Å². The zero-order valence-electron chi connectivity index (χ0n) is 16.2. The molecule has 4 rings (SSSR count). The molecule has 1 amide bonds. The number of nitrogens with zero attached hydrogens (tertiary/aromatic N) is 5. The van der Waals surface area contributed by atoms with Crippen LogP contribution in [-0.4, -0.2) is 42.0 Å². The summed E-state index contributed by atoms with van der Waals surface area (Å²) in [5.41, 5.74) is 2.16. The maximum Gasteiger partial charge on any atom is 0.271 e. The van der Waals surface area contributed by atoms with Gasteiger partial charge in [-0.25, -0.2) is 14.8 Å². The number of fused-ring (bicyclic) bond motifs is 1. The second-order valence-electron chi connectivity index (χ2n) is 6.83. The minimum absolute atomic E-state index is 0.108. The van der Waals surface area contributed by atoms with E-state index in [0.29, 0.717) is 24.1 Å². The van der Waals surface area contributed by atoms with Gasteiger partial charge < -0.3 is 5.32 Å². The standard InChI is InChI=1S/C20H19N7O3/c1-13-3-2-4-14(9-13)11-26-12-22-18-15(20(26)30)10-23-27(18)8-7-21-19(29)16-5-6-17(28)25-24-16/h2-6,9-10,12H,7-8,11H2,1H3,(H,21,29)(H,25,28). The average molecular weight is 405 g/mol. The number of aromatic nitrogens is 6. The highest BCUT2D eigenvalue weighted by Gasteiger charge is 2.12. The van der Waals surface area contributed by atoms with Gasteiger partial charge in [-0.15, -0.1) is 0 Å². The van der Waals surface area contributed by atoms with E-state index in [1.165, 1.54) is 24.7 Å². The Morgan fingerprint density at radius 1 is 1.20 bits per heavy atom. The number of hydrogen-bond donors (Lipinski definition) is 2. The van der Waals surface area contributed by atoms with Gasteiger partial charge in [0.25, 0.3) is 17.0 Å². The van der Waals surface area contributed by atoms with Crippen LogP contribution in [0.15, 0.2) is 58.5 Å². The minimum atomic E-state index is -0.420. The normalized spacial score (nSPS) is 11.0. The summed E-state index contributed by atoms with van der Waals surface area (Å²) in [4.78, 5) is 40.2. The van der Waals surface area contributed by atoms with Crippen molar-refractivity contribution in [2.24, 2.45) is 0 Å². The number of benzene rings is 1. The van der Waals surface area contributed by atoms with Gasteiger partial charge in [0.05, 0.1) is 19.3 Å². The summed E-state index contributed by atoms with van der Waals surface area (Å²) in [5.74, 6) is -0.420. The Morgan fingerprint density at radius 3 is 2.83 bits per heavy atom. The van der Waals surface area contributed by atoms with Crippen LogP contribution in [0.5, 0.6) is 0 Å². The van der Waals surface area contributed by atoms with Crippen molar-refractivity contribution in [1.29, 1.82) is 0 Å². The molecule has 3 heterocycles. The van der Waals surface area contributed by atoms with Crippen LogP contribution in [0.2, 0.25) is 0 Å². The largest absolute Gasteiger partial charge is 0.349 e. The number of hydrogen-bond acceptors (Lipinski definition) is 6. The van der Waals surface area contributed by atoms with Gasteiger partial charge in [-0.3, -0.25) is 19.0 Å². The number of aryl methyl sites for hydroxylation is 1. The first kappa shape index (κ1) is 19.2. The topological polar surface area (TPSA) is 128 Å². The summed E-state index contributed by atoms with van der Waals surface area (Å²) in [6.45, 7) is 3.01. The smallest absolute Gasteiger partial charge is 0.271 e. The Kier molecular flexibility index (Phi) is 5.21. The van der Waals surface area contributed by atoms with Gasteiger partial charge in [-0.1, -0.05) is 29.8 Å². The molecule has 0 aliphatic carbocycles. The highest BCUT2D eigenvalue weighted by Crippen LogP contribution is 2.08. The first-order valence-corrected chi connectivity index (χ1v) is 9.32. The number of carbonyl (C=O) groups excluding carboxylic acids is 1. The summed E-state index contributed by atoms with van der Waals surface area (Å²) in [6, 6.07) is 10.5. The Labute approximate surface area is 170 Å². The first-order chi connectivity index (χ1) is 14.5. The molecule has 0 aliphatic rings. The third-order valence-corrected chi connectivity index (χ3v) is 4.58. The molecule has 0 radical (unpaired) electrons. The fraction of sp³-hybridized carbons (Fsp3) is 0.200. The lowest BCUT2D eigenvalue weighted by atomic mass is 10.1. The van der Waals surface area contributed by atoms with E-state index in [2.05, 4.69) is 25.6 Å². The van der Waals surface area contributed by atoms with Crippen molar-refractivity contribution in [2.45, 2.75) is 20.0 Å². The van der Waals surface area contributed by atoms with Crippen LogP contribution in [0.25, 0.3) is 11.0 Å². The number of carbonyl (C=O) groups is 1. The molecule has 0 fully saturated rings. The average Bonchev–Trinajstić information content (AvgIpc) is 3.14. The number of nitrogens with one attached hydrogen (secondary N) is 2. The quantitative estimate of drug-likeness (QED) is 0.480. The summed E-state index contributed by atoms with van der Waals surface area (Å²) in [5, 5.41) is 13.2. The molecular weight excluding hydrogens is 386 g/mol. The van der Waals surface area contributed by atoms with Crippen molar-refractivity contribution in [3.8, 4) is 0 Å². The lowest BCUT2D eigenvalue weighted by Crippen LogP contribution is -2.29. The van der Waals surface area contributed by atoms with Gasteiger partial charge >= 0.3 is 0 Å². The van der Waals surface area contributed by atoms with Crippen molar-refractivity contribution < 1.29 is 4.79 Å². The minimum Gasteiger partial charge on any atom is -0.349 e. The molecule has 0 saturated carbocycles. The van der Waals surface area contributed by atoms with Crippen molar-refractivity contribution >= 4 is 16.9 Å². The molecule has 0 aliphatic heterocycles. The molecule has 0 saturated heterocycles. The molecule has 3 aromatic heterocycles. The lowest BCUT2D eigenvalue weighted by molar-refractivity contribution is 0.0946. The molecule has 4 aromatic rings. The van der Waals surface area contributed by atoms with E-state index in [1.807, 2.05) is 31.2 Å². The van der Waals surface area contributed by atoms with Crippen LogP contribution in [-0.2, 0) is 13.1 Å². The predicted octanol–water partition coefficient (Wildman–Crippen LogP) is 0.463. The molecule has 0 unspecified atom stereocenters. The zero-order valence-corrected chi connectivity index (χ0v) is 16.2. The van der Waals surface area contributed by atoms with Crippen molar-refractivity contribution in [3.05, 3.63) is 86.5 Å². The number of H-pyrrole nitrogens is 1. The summed E-state index contributed by atoms with van der Waals surface area (Å²) in [6.07, 6.45) is 3.00. The molecule has 1 aromatic carbocycles. The van der Waals surface area contributed by atoms with Crippen LogP contribution in [0.4, 0.5) is 0 Å². The van der Waals surface area contributed by atoms with Gasteiger partial charge in [-0.2, -0.15) is 10.2 Å². The lowest BCUT2D eigenvalue weighted by Gasteiger charge is -2.08. The highest BCUT2D eigenvalue weighted by atomic mass is 16.2. The monoisotopic (exact) mass is 405 g/mol. The first-order valence-electron chi connectivity index (χ1n) is 9.32.